The predicted molar refractivity (Wildman–Crippen MR) is 106 cm³/mol. The first-order valence-corrected chi connectivity index (χ1v) is 8.88. The van der Waals surface area contributed by atoms with Crippen LogP contribution in [0.5, 0.6) is 17.2 Å². The summed E-state index contributed by atoms with van der Waals surface area (Å²) in [5, 5.41) is 46.7. The maximum atomic E-state index is 11.7. The molecule has 0 aliphatic heterocycles. The van der Waals surface area contributed by atoms with Gasteiger partial charge in [0.05, 0.1) is 16.8 Å². The number of benzene rings is 2. The highest BCUT2D eigenvalue weighted by molar-refractivity contribution is 5.93. The van der Waals surface area contributed by atoms with Gasteiger partial charge >= 0.3 is 5.97 Å². The second-order valence-corrected chi connectivity index (χ2v) is 6.73. The van der Waals surface area contributed by atoms with Gasteiger partial charge < -0.3 is 29.4 Å². The topological polar surface area (TPSA) is 142 Å². The summed E-state index contributed by atoms with van der Waals surface area (Å²) in [4.78, 5) is 11.7. The third-order valence-corrected chi connectivity index (χ3v) is 4.77. The molecule has 0 bridgehead atoms. The molecule has 0 aliphatic rings. The van der Waals surface area contributed by atoms with Crippen LogP contribution in [0.2, 0.25) is 0 Å². The minimum atomic E-state index is -1.07. The molecule has 0 atom stereocenters. The molecule has 2 aromatic carbocycles. The fourth-order valence-electron chi connectivity index (χ4n) is 3.27. The smallest absolute Gasteiger partial charge is 0.337 e. The molecule has 0 spiro atoms. The summed E-state index contributed by atoms with van der Waals surface area (Å²) in [7, 11) is 0. The number of carboxylic acids is 1. The maximum absolute atomic E-state index is 11.7. The highest BCUT2D eigenvalue weighted by atomic mass is 16.4. The number of carboxylic acid groups (broad SMARTS) is 1. The monoisotopic (exact) mass is 407 g/mol. The van der Waals surface area contributed by atoms with E-state index in [1.54, 1.807) is 12.1 Å². The molecule has 0 amide bonds. The average molecular weight is 407 g/mol. The summed E-state index contributed by atoms with van der Waals surface area (Å²) in [5.74, 6) is -2.82. The Kier molecular flexibility index (Phi) is 4.42. The number of rotatable bonds is 4. The quantitative estimate of drug-likeness (QED) is 0.376. The molecular weight excluding hydrogens is 390 g/mol. The van der Waals surface area contributed by atoms with E-state index in [1.807, 2.05) is 30.5 Å². The van der Waals surface area contributed by atoms with Crippen LogP contribution in [0.4, 0.5) is 0 Å². The van der Waals surface area contributed by atoms with Gasteiger partial charge in [-0.25, -0.2) is 4.79 Å². The van der Waals surface area contributed by atoms with E-state index in [0.717, 1.165) is 11.4 Å². The summed E-state index contributed by atoms with van der Waals surface area (Å²) < 4.78 is 7.45. The van der Waals surface area contributed by atoms with E-state index in [4.69, 9.17) is 4.42 Å². The fraction of sp³-hybridized carbons (Fsp3) is 0.0952. The van der Waals surface area contributed by atoms with Crippen molar-refractivity contribution in [3.05, 3.63) is 59.4 Å². The van der Waals surface area contributed by atoms with Crippen LogP contribution in [0.25, 0.3) is 28.6 Å². The zero-order valence-electron chi connectivity index (χ0n) is 16.0. The summed E-state index contributed by atoms with van der Waals surface area (Å²) in [6.45, 7) is 3.74. The van der Waals surface area contributed by atoms with Crippen molar-refractivity contribution in [2.75, 3.05) is 0 Å². The molecule has 0 saturated carbocycles. The van der Waals surface area contributed by atoms with Gasteiger partial charge in [0.25, 0.3) is 5.89 Å². The number of nitrogens with zero attached hydrogens (tertiary/aromatic N) is 3. The summed E-state index contributed by atoms with van der Waals surface area (Å²) in [6, 6.07) is 10.9. The molecule has 152 valence electrons. The number of carbonyl (C=O) groups is 1. The van der Waals surface area contributed by atoms with Crippen molar-refractivity contribution in [3.8, 4) is 45.8 Å². The van der Waals surface area contributed by atoms with Gasteiger partial charge in [-0.05, 0) is 56.3 Å². The molecule has 0 aliphatic carbocycles. The van der Waals surface area contributed by atoms with Crippen molar-refractivity contribution in [3.63, 3.8) is 0 Å². The van der Waals surface area contributed by atoms with Gasteiger partial charge in [0.15, 0.2) is 11.5 Å². The second-order valence-electron chi connectivity index (χ2n) is 6.73. The van der Waals surface area contributed by atoms with Crippen LogP contribution in [0.1, 0.15) is 21.7 Å². The first-order valence-electron chi connectivity index (χ1n) is 8.88. The number of aryl methyl sites for hydroxylation is 2. The lowest BCUT2D eigenvalue weighted by Crippen LogP contribution is -2.08. The fourth-order valence-corrected chi connectivity index (χ4v) is 3.27. The molecule has 9 nitrogen and oxygen atoms in total. The molecule has 2 heterocycles. The van der Waals surface area contributed by atoms with E-state index in [2.05, 4.69) is 10.2 Å². The van der Waals surface area contributed by atoms with Gasteiger partial charge in [-0.2, -0.15) is 0 Å². The molecular formula is C21H17N3O6. The van der Waals surface area contributed by atoms with Crippen molar-refractivity contribution in [1.82, 2.24) is 14.8 Å². The molecule has 0 fully saturated rings. The van der Waals surface area contributed by atoms with Crippen molar-refractivity contribution in [1.29, 1.82) is 0 Å². The molecule has 2 aromatic heterocycles. The summed E-state index contributed by atoms with van der Waals surface area (Å²) >= 11 is 0. The van der Waals surface area contributed by atoms with Crippen LogP contribution < -0.4 is 0 Å². The van der Waals surface area contributed by atoms with Gasteiger partial charge in [-0.1, -0.05) is 0 Å². The Morgan fingerprint density at radius 3 is 2.23 bits per heavy atom. The number of hydrogen-bond donors (Lipinski definition) is 4. The van der Waals surface area contributed by atoms with Crippen molar-refractivity contribution in [2.45, 2.75) is 13.8 Å². The van der Waals surface area contributed by atoms with Gasteiger partial charge in [-0.15, -0.1) is 10.2 Å². The first kappa shape index (κ1) is 19.1. The molecule has 4 aromatic rings. The molecule has 4 N–H and O–H groups in total. The van der Waals surface area contributed by atoms with Gasteiger partial charge in [0, 0.05) is 17.0 Å². The Bertz CT molecular complexity index is 1270. The normalized spacial score (nSPS) is 11.0. The molecule has 30 heavy (non-hydrogen) atoms. The lowest BCUT2D eigenvalue weighted by molar-refractivity contribution is 0.0697. The van der Waals surface area contributed by atoms with E-state index < -0.39 is 23.2 Å². The van der Waals surface area contributed by atoms with E-state index >= 15 is 0 Å². The van der Waals surface area contributed by atoms with Gasteiger partial charge in [-0.3, -0.25) is 0 Å². The van der Waals surface area contributed by atoms with Gasteiger partial charge in [0.1, 0.15) is 0 Å². The number of aromatic nitrogens is 3. The maximum Gasteiger partial charge on any atom is 0.337 e. The number of aromatic carboxylic acids is 1. The summed E-state index contributed by atoms with van der Waals surface area (Å²) in [5.41, 5.74) is 2.81. The number of phenols is 3. The highest BCUT2D eigenvalue weighted by Gasteiger charge is 2.20. The average Bonchev–Trinajstić information content (AvgIpc) is 3.32. The molecule has 0 saturated heterocycles. The van der Waals surface area contributed by atoms with Crippen molar-refractivity contribution in [2.24, 2.45) is 0 Å². The Morgan fingerprint density at radius 2 is 1.57 bits per heavy atom. The van der Waals surface area contributed by atoms with E-state index in [-0.39, 0.29) is 22.9 Å². The van der Waals surface area contributed by atoms with Crippen LogP contribution in [0.15, 0.2) is 46.9 Å². The number of aromatic hydroxyl groups is 3. The largest absolute Gasteiger partial charge is 0.504 e. The molecule has 9 heteroatoms. The van der Waals surface area contributed by atoms with Gasteiger partial charge in [0.2, 0.25) is 11.6 Å². The lowest BCUT2D eigenvalue weighted by atomic mass is 10.1. The van der Waals surface area contributed by atoms with E-state index in [9.17, 15) is 25.2 Å². The predicted octanol–water partition coefficient (Wildman–Crippen LogP) is 3.63. The SMILES string of the molecule is Cc1ccc(C)n1-c1cc(-c2nnc(-c3ccc(O)c(O)c3O)o2)ccc1C(=O)O. The molecule has 4 rings (SSSR count). The standard InChI is InChI=1S/C21H17N3O6/c1-10-3-4-11(2)24(10)15-9-12(5-6-13(15)21(28)29)19-22-23-20(30-19)14-7-8-16(25)18(27)17(14)26/h3-9,25-27H,1-2H3,(H,28,29). The Morgan fingerprint density at radius 1 is 0.900 bits per heavy atom. The number of hydrogen-bond acceptors (Lipinski definition) is 7. The van der Waals surface area contributed by atoms with Crippen LogP contribution >= 0.6 is 0 Å². The van der Waals surface area contributed by atoms with Crippen LogP contribution in [-0.2, 0) is 0 Å². The zero-order valence-corrected chi connectivity index (χ0v) is 16.0. The van der Waals surface area contributed by atoms with Crippen LogP contribution in [0, 0.1) is 13.8 Å². The lowest BCUT2D eigenvalue weighted by Gasteiger charge is -2.13. The Labute approximate surface area is 170 Å². The molecule has 0 unspecified atom stereocenters. The highest BCUT2D eigenvalue weighted by Crippen LogP contribution is 2.42. The third kappa shape index (κ3) is 3.02. The summed E-state index contributed by atoms with van der Waals surface area (Å²) in [6.07, 6.45) is 0. The first-order chi connectivity index (χ1) is 14.3. The van der Waals surface area contributed by atoms with Crippen molar-refractivity contribution >= 4 is 5.97 Å². The van der Waals surface area contributed by atoms with Crippen molar-refractivity contribution < 1.29 is 29.6 Å². The second kappa shape index (κ2) is 6.96. The number of phenolic OH excluding ortho intramolecular Hbond substituents is 3. The zero-order chi connectivity index (χ0) is 21.6. The van der Waals surface area contributed by atoms with E-state index in [0.29, 0.717) is 11.3 Å². The van der Waals surface area contributed by atoms with Crippen LogP contribution in [0.3, 0.4) is 0 Å². The van der Waals surface area contributed by atoms with E-state index in [1.165, 1.54) is 18.2 Å². The van der Waals surface area contributed by atoms with Crippen LogP contribution in [-0.4, -0.2) is 41.2 Å². The minimum Gasteiger partial charge on any atom is -0.504 e. The Balaban J connectivity index is 1.83. The minimum absolute atomic E-state index is 0.0449. The Hall–Kier alpha value is -4.27. The third-order valence-electron chi connectivity index (χ3n) is 4.77. The molecule has 0 radical (unpaired) electrons.